The van der Waals surface area contributed by atoms with Crippen molar-refractivity contribution in [3.63, 3.8) is 0 Å². The SMILES string of the molecule is [K+].[NH-]CC(F)C(O)c1ccc(F)cc1. The molecule has 1 aromatic rings. The summed E-state index contributed by atoms with van der Waals surface area (Å²) in [5.41, 5.74) is 7.01. The van der Waals surface area contributed by atoms with Crippen LogP contribution in [0.15, 0.2) is 24.3 Å². The third-order valence-corrected chi connectivity index (χ3v) is 1.75. The third-order valence-electron chi connectivity index (χ3n) is 1.75. The van der Waals surface area contributed by atoms with E-state index in [9.17, 15) is 13.9 Å². The van der Waals surface area contributed by atoms with Crippen LogP contribution < -0.4 is 51.4 Å². The minimum Gasteiger partial charge on any atom is -0.675 e. The Kier molecular flexibility index (Phi) is 7.32. The Morgan fingerprint density at radius 1 is 1.29 bits per heavy atom. The number of nitrogens with one attached hydrogen (secondary N) is 1. The smallest absolute Gasteiger partial charge is 0.675 e. The van der Waals surface area contributed by atoms with Gasteiger partial charge in [0.15, 0.2) is 0 Å². The van der Waals surface area contributed by atoms with Gasteiger partial charge in [0, 0.05) is 0 Å². The second-order valence-corrected chi connectivity index (χ2v) is 2.72. The summed E-state index contributed by atoms with van der Waals surface area (Å²) in [6.07, 6.45) is -2.96. The van der Waals surface area contributed by atoms with Gasteiger partial charge in [-0.05, 0) is 17.7 Å². The zero-order chi connectivity index (χ0) is 9.84. The molecule has 0 aliphatic rings. The molecule has 0 heterocycles. The van der Waals surface area contributed by atoms with Gasteiger partial charge in [0.05, 0.1) is 0 Å². The minimum absolute atomic E-state index is 0. The number of rotatable bonds is 3. The van der Waals surface area contributed by atoms with Crippen LogP contribution in [0, 0.1) is 5.82 Å². The average Bonchev–Trinajstić information content (AvgIpc) is 2.17. The summed E-state index contributed by atoms with van der Waals surface area (Å²) in [5, 5.41) is 9.26. The molecule has 0 saturated carbocycles. The van der Waals surface area contributed by atoms with E-state index < -0.39 is 24.6 Å². The van der Waals surface area contributed by atoms with E-state index in [1.54, 1.807) is 0 Å². The molecular formula is C9H10F2KNO. The molecule has 2 N–H and O–H groups in total. The predicted molar refractivity (Wildman–Crippen MR) is 45.4 cm³/mol. The van der Waals surface area contributed by atoms with Crippen molar-refractivity contribution >= 4 is 0 Å². The van der Waals surface area contributed by atoms with Gasteiger partial charge in [-0.2, -0.15) is 0 Å². The summed E-state index contributed by atoms with van der Waals surface area (Å²) in [4.78, 5) is 0. The quantitative estimate of drug-likeness (QED) is 0.676. The first-order chi connectivity index (χ1) is 6.15. The van der Waals surface area contributed by atoms with Crippen molar-refractivity contribution in [2.75, 3.05) is 6.54 Å². The monoisotopic (exact) mass is 225 g/mol. The number of halogens is 2. The zero-order valence-electron chi connectivity index (χ0n) is 7.87. The molecule has 2 atom stereocenters. The first-order valence-corrected chi connectivity index (χ1v) is 3.87. The summed E-state index contributed by atoms with van der Waals surface area (Å²) in [6.45, 7) is -0.501. The second kappa shape index (κ2) is 7.00. The molecule has 0 spiro atoms. The van der Waals surface area contributed by atoms with Crippen molar-refractivity contribution in [1.82, 2.24) is 0 Å². The van der Waals surface area contributed by atoms with E-state index in [0.29, 0.717) is 5.56 Å². The normalized spacial score (nSPS) is 14.3. The van der Waals surface area contributed by atoms with Gasteiger partial charge in [0.2, 0.25) is 0 Å². The molecule has 2 nitrogen and oxygen atoms in total. The number of aliphatic hydroxyl groups excluding tert-OH is 1. The molecule has 5 heteroatoms. The Morgan fingerprint density at radius 3 is 2.21 bits per heavy atom. The fraction of sp³-hybridized carbons (Fsp3) is 0.333. The van der Waals surface area contributed by atoms with Crippen molar-refractivity contribution in [1.29, 1.82) is 0 Å². The van der Waals surface area contributed by atoms with Crippen LogP contribution in [0.3, 0.4) is 0 Å². The predicted octanol–water partition coefficient (Wildman–Crippen LogP) is -0.747. The Balaban J connectivity index is 0.00000169. The van der Waals surface area contributed by atoms with Gasteiger partial charge in [0.1, 0.15) is 18.1 Å². The standard InChI is InChI=1S/C9H10F2NO.K/c10-7-3-1-6(2-4-7)9(13)8(11)5-12;/h1-4,8-9,12-13H,5H2;/q-1;+1. The van der Waals surface area contributed by atoms with Crippen molar-refractivity contribution < 1.29 is 65.3 Å². The van der Waals surface area contributed by atoms with Crippen molar-refractivity contribution in [3.05, 3.63) is 41.4 Å². The molecule has 0 aliphatic heterocycles. The molecule has 0 saturated heterocycles. The molecule has 0 amide bonds. The van der Waals surface area contributed by atoms with Crippen LogP contribution in [0.1, 0.15) is 11.7 Å². The Morgan fingerprint density at radius 2 is 1.79 bits per heavy atom. The van der Waals surface area contributed by atoms with Crippen molar-refractivity contribution in [3.8, 4) is 0 Å². The molecule has 0 fully saturated rings. The maximum Gasteiger partial charge on any atom is 1.00 e. The van der Waals surface area contributed by atoms with Crippen LogP contribution in [-0.2, 0) is 0 Å². The molecule has 1 aromatic carbocycles. The zero-order valence-corrected chi connectivity index (χ0v) is 11.0. The number of aliphatic hydroxyl groups is 1. The summed E-state index contributed by atoms with van der Waals surface area (Å²) in [6, 6.07) is 4.91. The van der Waals surface area contributed by atoms with Crippen LogP contribution in [0.25, 0.3) is 5.73 Å². The minimum atomic E-state index is -1.62. The summed E-state index contributed by atoms with van der Waals surface area (Å²) < 4.78 is 25.2. The Hall–Kier alpha value is 0.636. The second-order valence-electron chi connectivity index (χ2n) is 2.72. The van der Waals surface area contributed by atoms with Crippen LogP contribution in [0.5, 0.6) is 0 Å². The van der Waals surface area contributed by atoms with Gasteiger partial charge >= 0.3 is 51.4 Å². The molecule has 0 radical (unpaired) electrons. The Labute approximate surface area is 124 Å². The molecule has 1 rings (SSSR count). The van der Waals surface area contributed by atoms with Gasteiger partial charge in [-0.25, -0.2) is 8.78 Å². The summed E-state index contributed by atoms with van der Waals surface area (Å²) in [7, 11) is 0. The van der Waals surface area contributed by atoms with Crippen LogP contribution in [-0.4, -0.2) is 17.8 Å². The fourth-order valence-electron chi connectivity index (χ4n) is 0.980. The van der Waals surface area contributed by atoms with E-state index in [1.165, 1.54) is 12.1 Å². The molecular weight excluding hydrogens is 215 g/mol. The fourth-order valence-corrected chi connectivity index (χ4v) is 0.980. The van der Waals surface area contributed by atoms with E-state index in [0.717, 1.165) is 12.1 Å². The molecule has 72 valence electrons. The number of benzene rings is 1. The molecule has 0 aliphatic carbocycles. The van der Waals surface area contributed by atoms with E-state index in [-0.39, 0.29) is 51.4 Å². The van der Waals surface area contributed by atoms with E-state index in [2.05, 4.69) is 0 Å². The number of alkyl halides is 1. The molecule has 0 bridgehead atoms. The van der Waals surface area contributed by atoms with Crippen molar-refractivity contribution in [2.45, 2.75) is 12.3 Å². The van der Waals surface area contributed by atoms with Gasteiger partial charge in [-0.3, -0.25) is 0 Å². The summed E-state index contributed by atoms with van der Waals surface area (Å²) >= 11 is 0. The maximum atomic E-state index is 12.8. The van der Waals surface area contributed by atoms with E-state index in [1.807, 2.05) is 0 Å². The van der Waals surface area contributed by atoms with Crippen LogP contribution in [0.4, 0.5) is 8.78 Å². The first kappa shape index (κ1) is 14.6. The van der Waals surface area contributed by atoms with E-state index in [4.69, 9.17) is 5.73 Å². The van der Waals surface area contributed by atoms with Gasteiger partial charge in [0.25, 0.3) is 0 Å². The molecule has 0 aromatic heterocycles. The van der Waals surface area contributed by atoms with Crippen molar-refractivity contribution in [2.24, 2.45) is 0 Å². The maximum absolute atomic E-state index is 12.8. The van der Waals surface area contributed by atoms with Gasteiger partial charge < -0.3 is 10.8 Å². The van der Waals surface area contributed by atoms with Crippen LogP contribution in [0.2, 0.25) is 0 Å². The largest absolute Gasteiger partial charge is 1.00 e. The van der Waals surface area contributed by atoms with Gasteiger partial charge in [-0.1, -0.05) is 12.1 Å². The number of hydrogen-bond acceptors (Lipinski definition) is 1. The molecule has 2 unspecified atom stereocenters. The summed E-state index contributed by atoms with van der Waals surface area (Å²) in [5.74, 6) is -0.433. The topological polar surface area (TPSA) is 44.0 Å². The van der Waals surface area contributed by atoms with Gasteiger partial charge in [-0.15, -0.1) is 6.54 Å². The molecule has 14 heavy (non-hydrogen) atoms. The Bertz CT molecular complexity index is 268. The third kappa shape index (κ3) is 4.02. The average molecular weight is 225 g/mol. The van der Waals surface area contributed by atoms with Crippen LogP contribution >= 0.6 is 0 Å². The first-order valence-electron chi connectivity index (χ1n) is 3.87. The number of hydrogen-bond donors (Lipinski definition) is 1. The van der Waals surface area contributed by atoms with E-state index >= 15 is 0 Å².